The van der Waals surface area contributed by atoms with Crippen molar-refractivity contribution in [2.75, 3.05) is 26.4 Å². The van der Waals surface area contributed by atoms with Crippen LogP contribution in [0.2, 0.25) is 0 Å². The van der Waals surface area contributed by atoms with Gasteiger partial charge >= 0.3 is 5.97 Å². The van der Waals surface area contributed by atoms with Gasteiger partial charge in [0.1, 0.15) is 24.9 Å². The van der Waals surface area contributed by atoms with Gasteiger partial charge in [-0.1, -0.05) is 0 Å². The SMILES string of the molecule is CCOCCOC1OC(COC(C)=O)C(O)C(O)C1N. The number of hydrogen-bond donors (Lipinski definition) is 3. The maximum Gasteiger partial charge on any atom is 0.302 e. The fourth-order valence-corrected chi connectivity index (χ4v) is 1.81. The number of carbonyl (C=O) groups is 1. The minimum absolute atomic E-state index is 0.175. The summed E-state index contributed by atoms with van der Waals surface area (Å²) in [5.41, 5.74) is 5.74. The van der Waals surface area contributed by atoms with Gasteiger partial charge in [0.15, 0.2) is 6.29 Å². The molecule has 0 saturated carbocycles. The molecule has 5 unspecified atom stereocenters. The summed E-state index contributed by atoms with van der Waals surface area (Å²) in [5, 5.41) is 19.7. The Morgan fingerprint density at radius 1 is 1.30 bits per heavy atom. The van der Waals surface area contributed by atoms with E-state index in [1.54, 1.807) is 0 Å². The molecule has 0 aromatic rings. The van der Waals surface area contributed by atoms with Crippen molar-refractivity contribution >= 4 is 5.97 Å². The van der Waals surface area contributed by atoms with E-state index in [4.69, 9.17) is 24.7 Å². The van der Waals surface area contributed by atoms with Crippen molar-refractivity contribution in [2.45, 2.75) is 44.5 Å². The van der Waals surface area contributed by atoms with Crippen LogP contribution in [0.25, 0.3) is 0 Å². The van der Waals surface area contributed by atoms with Crippen LogP contribution in [-0.4, -0.2) is 73.3 Å². The number of ether oxygens (including phenoxy) is 4. The summed E-state index contributed by atoms with van der Waals surface area (Å²) in [6, 6.07) is -0.889. The summed E-state index contributed by atoms with van der Waals surface area (Å²) in [6.07, 6.45) is -4.24. The zero-order valence-corrected chi connectivity index (χ0v) is 11.7. The molecule has 1 saturated heterocycles. The van der Waals surface area contributed by atoms with Crippen LogP contribution < -0.4 is 5.73 Å². The summed E-state index contributed by atoms with van der Waals surface area (Å²) in [5.74, 6) is -0.501. The Labute approximate surface area is 117 Å². The molecule has 8 heteroatoms. The molecule has 5 atom stereocenters. The Morgan fingerprint density at radius 3 is 2.60 bits per heavy atom. The Morgan fingerprint density at radius 2 is 2.00 bits per heavy atom. The molecule has 0 aromatic heterocycles. The molecule has 20 heavy (non-hydrogen) atoms. The standard InChI is InChI=1S/C12H23NO7/c1-3-17-4-5-18-12-9(13)11(16)10(15)8(20-12)6-19-7(2)14/h8-12,15-16H,3-6,13H2,1-2H3. The van der Waals surface area contributed by atoms with E-state index >= 15 is 0 Å². The van der Waals surface area contributed by atoms with Crippen molar-refractivity contribution in [1.29, 1.82) is 0 Å². The molecule has 8 nitrogen and oxygen atoms in total. The molecule has 0 bridgehead atoms. The van der Waals surface area contributed by atoms with Crippen LogP contribution in [0.1, 0.15) is 13.8 Å². The second kappa shape index (κ2) is 8.50. The van der Waals surface area contributed by atoms with Gasteiger partial charge in [0.2, 0.25) is 0 Å². The zero-order valence-electron chi connectivity index (χ0n) is 11.7. The number of nitrogens with two attached hydrogens (primary N) is 1. The third kappa shape index (κ3) is 4.97. The monoisotopic (exact) mass is 293 g/mol. The van der Waals surface area contributed by atoms with Crippen molar-refractivity contribution in [1.82, 2.24) is 0 Å². The number of rotatable bonds is 7. The summed E-state index contributed by atoms with van der Waals surface area (Å²) in [4.78, 5) is 10.8. The Kier molecular flexibility index (Phi) is 7.35. The van der Waals surface area contributed by atoms with Gasteiger partial charge in [-0.2, -0.15) is 0 Å². The lowest BCUT2D eigenvalue weighted by molar-refractivity contribution is -0.268. The zero-order chi connectivity index (χ0) is 15.1. The minimum Gasteiger partial charge on any atom is -0.463 e. The molecule has 0 radical (unpaired) electrons. The van der Waals surface area contributed by atoms with E-state index in [1.807, 2.05) is 6.92 Å². The minimum atomic E-state index is -1.24. The Bertz CT molecular complexity index is 302. The lowest BCUT2D eigenvalue weighted by atomic mass is 9.98. The first-order valence-corrected chi connectivity index (χ1v) is 6.57. The highest BCUT2D eigenvalue weighted by Gasteiger charge is 2.43. The van der Waals surface area contributed by atoms with Gasteiger partial charge in [0.25, 0.3) is 0 Å². The van der Waals surface area contributed by atoms with Crippen molar-refractivity contribution in [3.05, 3.63) is 0 Å². The number of carbonyl (C=O) groups excluding carboxylic acids is 1. The van der Waals surface area contributed by atoms with Crippen molar-refractivity contribution < 1.29 is 34.0 Å². The highest BCUT2D eigenvalue weighted by Crippen LogP contribution is 2.21. The average molecular weight is 293 g/mol. The maximum absolute atomic E-state index is 10.8. The normalized spacial score (nSPS) is 34.0. The molecule has 0 aliphatic carbocycles. The van der Waals surface area contributed by atoms with Gasteiger partial charge in [0, 0.05) is 13.5 Å². The van der Waals surface area contributed by atoms with Crippen LogP contribution >= 0.6 is 0 Å². The quantitative estimate of drug-likeness (QED) is 0.378. The average Bonchev–Trinajstić information content (AvgIpc) is 2.41. The van der Waals surface area contributed by atoms with E-state index in [-0.39, 0.29) is 13.2 Å². The largest absolute Gasteiger partial charge is 0.463 e. The first kappa shape index (κ1) is 17.3. The van der Waals surface area contributed by atoms with E-state index in [9.17, 15) is 15.0 Å². The summed E-state index contributed by atoms with van der Waals surface area (Å²) in [7, 11) is 0. The van der Waals surface area contributed by atoms with E-state index in [2.05, 4.69) is 0 Å². The van der Waals surface area contributed by atoms with Crippen LogP contribution in [0.15, 0.2) is 0 Å². The van der Waals surface area contributed by atoms with Gasteiger partial charge in [0.05, 0.1) is 19.3 Å². The second-order valence-corrected chi connectivity index (χ2v) is 4.47. The molecule has 1 aliphatic rings. The smallest absolute Gasteiger partial charge is 0.302 e. The molecular formula is C12H23NO7. The summed E-state index contributed by atoms with van der Waals surface area (Å²) < 4.78 is 20.7. The predicted octanol–water partition coefficient (Wildman–Crippen LogP) is -1.62. The molecule has 1 rings (SSSR count). The lowest BCUT2D eigenvalue weighted by Gasteiger charge is -2.40. The number of aliphatic hydroxyl groups is 2. The number of esters is 1. The van der Waals surface area contributed by atoms with E-state index in [0.29, 0.717) is 13.2 Å². The van der Waals surface area contributed by atoms with E-state index < -0.39 is 36.6 Å². The maximum atomic E-state index is 10.8. The van der Waals surface area contributed by atoms with Crippen molar-refractivity contribution in [3.63, 3.8) is 0 Å². The third-order valence-corrected chi connectivity index (χ3v) is 2.91. The van der Waals surface area contributed by atoms with Crippen LogP contribution in [0.5, 0.6) is 0 Å². The molecule has 1 aliphatic heterocycles. The lowest BCUT2D eigenvalue weighted by Crippen LogP contribution is -2.62. The highest BCUT2D eigenvalue weighted by atomic mass is 16.7. The van der Waals surface area contributed by atoms with Crippen LogP contribution in [0.3, 0.4) is 0 Å². The van der Waals surface area contributed by atoms with Crippen LogP contribution in [0.4, 0.5) is 0 Å². The first-order valence-electron chi connectivity index (χ1n) is 6.57. The Hall–Kier alpha value is -0.770. The van der Waals surface area contributed by atoms with Gasteiger partial charge in [-0.3, -0.25) is 4.79 Å². The summed E-state index contributed by atoms with van der Waals surface area (Å²) in [6.45, 7) is 4.11. The van der Waals surface area contributed by atoms with Crippen LogP contribution in [0, 0.1) is 0 Å². The van der Waals surface area contributed by atoms with Gasteiger partial charge in [-0.25, -0.2) is 0 Å². The molecule has 0 aromatic carbocycles. The molecular weight excluding hydrogens is 270 g/mol. The molecule has 0 spiro atoms. The van der Waals surface area contributed by atoms with Crippen LogP contribution in [-0.2, 0) is 23.7 Å². The van der Waals surface area contributed by atoms with Crippen molar-refractivity contribution in [3.8, 4) is 0 Å². The van der Waals surface area contributed by atoms with E-state index in [0.717, 1.165) is 0 Å². The third-order valence-electron chi connectivity index (χ3n) is 2.91. The fourth-order valence-electron chi connectivity index (χ4n) is 1.81. The topological polar surface area (TPSA) is 120 Å². The molecule has 0 amide bonds. The predicted molar refractivity (Wildman–Crippen MR) is 67.7 cm³/mol. The first-order chi connectivity index (χ1) is 9.47. The number of hydrogen-bond acceptors (Lipinski definition) is 8. The molecule has 1 fully saturated rings. The van der Waals surface area contributed by atoms with E-state index in [1.165, 1.54) is 6.92 Å². The molecule has 1 heterocycles. The molecule has 118 valence electrons. The molecule has 4 N–H and O–H groups in total. The van der Waals surface area contributed by atoms with Gasteiger partial charge in [-0.05, 0) is 6.92 Å². The highest BCUT2D eigenvalue weighted by molar-refractivity contribution is 5.65. The van der Waals surface area contributed by atoms with Gasteiger partial charge < -0.3 is 34.9 Å². The summed E-state index contributed by atoms with van der Waals surface area (Å²) >= 11 is 0. The second-order valence-electron chi connectivity index (χ2n) is 4.47. The van der Waals surface area contributed by atoms with Gasteiger partial charge in [-0.15, -0.1) is 0 Å². The van der Waals surface area contributed by atoms with Crippen molar-refractivity contribution in [2.24, 2.45) is 5.73 Å². The number of aliphatic hydroxyl groups excluding tert-OH is 2. The Balaban J connectivity index is 2.49. The fraction of sp³-hybridized carbons (Fsp3) is 0.917.